The summed E-state index contributed by atoms with van der Waals surface area (Å²) in [5.41, 5.74) is 3.34. The fourth-order valence-corrected chi connectivity index (χ4v) is 4.73. The molecule has 1 heterocycles. The number of ether oxygens (including phenoxy) is 2. The van der Waals surface area contributed by atoms with Gasteiger partial charge in [0.1, 0.15) is 29.8 Å². The van der Waals surface area contributed by atoms with E-state index in [1.54, 1.807) is 0 Å². The largest absolute Gasteiger partial charge is 0.475 e. The summed E-state index contributed by atoms with van der Waals surface area (Å²) in [6.45, 7) is 0.958. The Morgan fingerprint density at radius 2 is 1.45 bits per heavy atom. The monoisotopic (exact) mass is 447 g/mol. The van der Waals surface area contributed by atoms with Crippen molar-refractivity contribution in [3.63, 3.8) is 0 Å². The standard InChI is InChI=1S/C28H27F2NO2/c29-24-7-4-8-25(30)27(24)28-31-26(18-33-28)22-11-9-20(10-12-22)21-13-15-23(16-14-21)32-17-19-5-2-1-3-6-19/h1-12,21,23,26H,13-18H2. The highest BCUT2D eigenvalue weighted by Gasteiger charge is 2.27. The summed E-state index contributed by atoms with van der Waals surface area (Å²) >= 11 is 0. The average Bonchev–Trinajstić information content (AvgIpc) is 3.33. The van der Waals surface area contributed by atoms with Crippen LogP contribution in [0.3, 0.4) is 0 Å². The third-order valence-electron chi connectivity index (χ3n) is 6.62. The molecule has 1 aliphatic heterocycles. The lowest BCUT2D eigenvalue weighted by atomic mass is 9.82. The van der Waals surface area contributed by atoms with Gasteiger partial charge in [-0.25, -0.2) is 13.8 Å². The van der Waals surface area contributed by atoms with E-state index in [1.807, 2.05) is 18.2 Å². The molecule has 3 nitrogen and oxygen atoms in total. The summed E-state index contributed by atoms with van der Waals surface area (Å²) in [6.07, 6.45) is 4.68. The Morgan fingerprint density at radius 3 is 2.15 bits per heavy atom. The first-order valence-electron chi connectivity index (χ1n) is 11.6. The Labute approximate surface area is 193 Å². The van der Waals surface area contributed by atoms with Crippen LogP contribution in [-0.4, -0.2) is 18.6 Å². The minimum atomic E-state index is -0.659. The van der Waals surface area contributed by atoms with E-state index in [-0.39, 0.29) is 24.1 Å². The molecule has 170 valence electrons. The molecule has 33 heavy (non-hydrogen) atoms. The van der Waals surface area contributed by atoms with Crippen molar-refractivity contribution in [1.29, 1.82) is 0 Å². The van der Waals surface area contributed by atoms with E-state index >= 15 is 0 Å². The zero-order valence-electron chi connectivity index (χ0n) is 18.4. The average molecular weight is 448 g/mol. The molecule has 1 saturated carbocycles. The molecular formula is C28H27F2NO2. The van der Waals surface area contributed by atoms with Gasteiger partial charge in [-0.05, 0) is 60.4 Å². The fourth-order valence-electron chi connectivity index (χ4n) is 4.73. The maximum absolute atomic E-state index is 14.0. The predicted octanol–water partition coefficient (Wildman–Crippen LogP) is 6.73. The first-order valence-corrected chi connectivity index (χ1v) is 11.6. The summed E-state index contributed by atoms with van der Waals surface area (Å²) in [7, 11) is 0. The Morgan fingerprint density at radius 1 is 0.788 bits per heavy atom. The number of nitrogens with zero attached hydrogens (tertiary/aromatic N) is 1. The van der Waals surface area contributed by atoms with Gasteiger partial charge in [0, 0.05) is 0 Å². The molecular weight excluding hydrogens is 420 g/mol. The van der Waals surface area contributed by atoms with E-state index < -0.39 is 11.6 Å². The summed E-state index contributed by atoms with van der Waals surface area (Å²) < 4.78 is 39.7. The zero-order valence-corrected chi connectivity index (χ0v) is 18.4. The second-order valence-electron chi connectivity index (χ2n) is 8.79. The van der Waals surface area contributed by atoms with Crippen LogP contribution < -0.4 is 0 Å². The first kappa shape index (κ1) is 21.8. The van der Waals surface area contributed by atoms with Gasteiger partial charge in [0.05, 0.1) is 12.7 Å². The van der Waals surface area contributed by atoms with Gasteiger partial charge in [0.25, 0.3) is 0 Å². The van der Waals surface area contributed by atoms with E-state index in [0.717, 1.165) is 31.2 Å². The highest BCUT2D eigenvalue weighted by Crippen LogP contribution is 2.35. The summed E-state index contributed by atoms with van der Waals surface area (Å²) in [4.78, 5) is 4.45. The molecule has 0 bridgehead atoms. The van der Waals surface area contributed by atoms with E-state index in [4.69, 9.17) is 9.47 Å². The van der Waals surface area contributed by atoms with Crippen LogP contribution in [0, 0.1) is 11.6 Å². The highest BCUT2D eigenvalue weighted by atomic mass is 19.1. The van der Waals surface area contributed by atoms with Crippen molar-refractivity contribution in [2.24, 2.45) is 4.99 Å². The van der Waals surface area contributed by atoms with E-state index in [0.29, 0.717) is 18.6 Å². The second kappa shape index (κ2) is 9.84. The van der Waals surface area contributed by atoms with Crippen LogP contribution in [0.2, 0.25) is 0 Å². The molecule has 3 aromatic carbocycles. The maximum Gasteiger partial charge on any atom is 0.222 e. The van der Waals surface area contributed by atoms with Gasteiger partial charge in [-0.15, -0.1) is 0 Å². The molecule has 5 rings (SSSR count). The molecule has 3 aromatic rings. The Bertz CT molecular complexity index is 1090. The molecule has 5 heteroatoms. The third kappa shape index (κ3) is 4.98. The van der Waals surface area contributed by atoms with Gasteiger partial charge in [-0.2, -0.15) is 0 Å². The van der Waals surface area contributed by atoms with Gasteiger partial charge >= 0.3 is 0 Å². The molecule has 0 N–H and O–H groups in total. The lowest BCUT2D eigenvalue weighted by Crippen LogP contribution is -2.20. The molecule has 0 amide bonds. The number of hydrogen-bond donors (Lipinski definition) is 0. The van der Waals surface area contributed by atoms with Gasteiger partial charge in [-0.1, -0.05) is 60.7 Å². The van der Waals surface area contributed by atoms with Crippen molar-refractivity contribution in [2.45, 2.75) is 50.4 Å². The molecule has 2 aliphatic rings. The van der Waals surface area contributed by atoms with Crippen LogP contribution >= 0.6 is 0 Å². The minimum Gasteiger partial charge on any atom is -0.475 e. The van der Waals surface area contributed by atoms with Crippen LogP contribution in [0.15, 0.2) is 77.8 Å². The molecule has 1 atom stereocenters. The lowest BCUT2D eigenvalue weighted by Gasteiger charge is -2.29. The number of benzene rings is 3. The van der Waals surface area contributed by atoms with Crippen LogP contribution in [-0.2, 0) is 16.1 Å². The van der Waals surface area contributed by atoms with Crippen molar-refractivity contribution in [2.75, 3.05) is 6.61 Å². The number of rotatable bonds is 6. The van der Waals surface area contributed by atoms with Crippen LogP contribution in [0.4, 0.5) is 8.78 Å². The third-order valence-corrected chi connectivity index (χ3v) is 6.62. The molecule has 0 aromatic heterocycles. The van der Waals surface area contributed by atoms with Crippen molar-refractivity contribution in [3.05, 3.63) is 107 Å². The number of aliphatic imine (C=N–C) groups is 1. The quantitative estimate of drug-likeness (QED) is 0.420. The van der Waals surface area contributed by atoms with Crippen LogP contribution in [0.25, 0.3) is 0 Å². The fraction of sp³-hybridized carbons (Fsp3) is 0.321. The van der Waals surface area contributed by atoms with E-state index in [1.165, 1.54) is 29.3 Å². The SMILES string of the molecule is Fc1cccc(F)c1C1=NC(c2ccc(C3CCC(OCc4ccccc4)CC3)cc2)CO1. The highest BCUT2D eigenvalue weighted by molar-refractivity contribution is 5.95. The Kier molecular flexibility index (Phi) is 6.49. The number of hydrogen-bond acceptors (Lipinski definition) is 3. The smallest absolute Gasteiger partial charge is 0.222 e. The molecule has 1 fully saturated rings. The maximum atomic E-state index is 14.0. The van der Waals surface area contributed by atoms with Crippen molar-refractivity contribution >= 4 is 5.90 Å². The number of halogens is 2. The van der Waals surface area contributed by atoms with Gasteiger partial charge in [0.15, 0.2) is 0 Å². The molecule has 0 spiro atoms. The molecule has 0 saturated heterocycles. The summed E-state index contributed by atoms with van der Waals surface area (Å²) in [5, 5.41) is 0. The zero-order chi connectivity index (χ0) is 22.6. The van der Waals surface area contributed by atoms with E-state index in [9.17, 15) is 8.78 Å². The van der Waals surface area contributed by atoms with Gasteiger partial charge < -0.3 is 9.47 Å². The van der Waals surface area contributed by atoms with Crippen LogP contribution in [0.5, 0.6) is 0 Å². The van der Waals surface area contributed by atoms with Gasteiger partial charge in [-0.3, -0.25) is 0 Å². The normalized spacial score (nSPS) is 22.6. The van der Waals surface area contributed by atoms with Crippen LogP contribution in [0.1, 0.15) is 59.9 Å². The van der Waals surface area contributed by atoms with Gasteiger partial charge in [0.2, 0.25) is 5.90 Å². The molecule has 1 unspecified atom stereocenters. The second-order valence-corrected chi connectivity index (χ2v) is 8.79. The lowest BCUT2D eigenvalue weighted by molar-refractivity contribution is 0.0133. The first-order chi connectivity index (χ1) is 16.2. The summed E-state index contributed by atoms with van der Waals surface area (Å²) in [5.74, 6) is -0.753. The van der Waals surface area contributed by atoms with Crippen molar-refractivity contribution < 1.29 is 18.3 Å². The Balaban J connectivity index is 1.17. The van der Waals surface area contributed by atoms with Crippen molar-refractivity contribution in [3.8, 4) is 0 Å². The van der Waals surface area contributed by atoms with Crippen molar-refractivity contribution in [1.82, 2.24) is 0 Å². The predicted molar refractivity (Wildman–Crippen MR) is 124 cm³/mol. The molecule has 1 aliphatic carbocycles. The van der Waals surface area contributed by atoms with E-state index in [2.05, 4.69) is 41.4 Å². The molecule has 0 radical (unpaired) electrons. The summed E-state index contributed by atoms with van der Waals surface area (Å²) in [6, 6.07) is 22.3. The Hall–Kier alpha value is -3.05. The topological polar surface area (TPSA) is 30.8 Å². The minimum absolute atomic E-state index is 0.0356.